The van der Waals surface area contributed by atoms with Gasteiger partial charge in [-0.15, -0.1) is 11.3 Å². The van der Waals surface area contributed by atoms with Gasteiger partial charge in [0.15, 0.2) is 4.34 Å². The van der Waals surface area contributed by atoms with Gasteiger partial charge in [0.05, 0.1) is 18.4 Å². The minimum absolute atomic E-state index is 0.122. The Labute approximate surface area is 136 Å². The van der Waals surface area contributed by atoms with Crippen molar-refractivity contribution in [2.75, 3.05) is 7.11 Å². The lowest BCUT2D eigenvalue weighted by atomic mass is 10.1. The van der Waals surface area contributed by atoms with Gasteiger partial charge in [-0.05, 0) is 18.6 Å². The average molecular weight is 336 g/mol. The number of benzene rings is 1. The Morgan fingerprint density at radius 2 is 2.09 bits per heavy atom. The van der Waals surface area contributed by atoms with Crippen LogP contribution in [0, 0.1) is 6.92 Å². The number of thiazole rings is 1. The zero-order chi connectivity index (χ0) is 16.1. The number of hydrogen-bond donors (Lipinski definition) is 0. The molecule has 7 heteroatoms. The molecule has 5 nitrogen and oxygen atoms in total. The fourth-order valence-electron chi connectivity index (χ4n) is 1.85. The summed E-state index contributed by atoms with van der Waals surface area (Å²) >= 11 is 2.81. The van der Waals surface area contributed by atoms with E-state index in [0.29, 0.717) is 21.9 Å². The fourth-order valence-corrected chi connectivity index (χ4v) is 4.08. The van der Waals surface area contributed by atoms with Crippen molar-refractivity contribution >= 4 is 35.0 Å². The normalized spacial score (nSPS) is 10.5. The third-order valence-corrected chi connectivity index (χ3v) is 5.30. The van der Waals surface area contributed by atoms with E-state index in [1.807, 2.05) is 12.1 Å². The van der Waals surface area contributed by atoms with Crippen LogP contribution in [0.25, 0.3) is 0 Å². The summed E-state index contributed by atoms with van der Waals surface area (Å²) in [7, 11) is 1.35. The highest BCUT2D eigenvalue weighted by Gasteiger charge is 2.13. The number of aryl methyl sites for hydroxylation is 1. The van der Waals surface area contributed by atoms with Crippen molar-refractivity contribution in [1.82, 2.24) is 4.98 Å². The van der Waals surface area contributed by atoms with E-state index in [2.05, 4.69) is 4.98 Å². The van der Waals surface area contributed by atoms with E-state index in [1.165, 1.54) is 30.2 Å². The first-order valence-electron chi connectivity index (χ1n) is 6.46. The van der Waals surface area contributed by atoms with Crippen LogP contribution in [-0.2, 0) is 21.7 Å². The van der Waals surface area contributed by atoms with Crippen molar-refractivity contribution < 1.29 is 19.4 Å². The molecule has 0 aliphatic heterocycles. The largest absolute Gasteiger partial charge is 0.550 e. The number of carboxylic acid groups (broad SMARTS) is 1. The maximum Gasteiger partial charge on any atom is 0.338 e. The molecule has 0 unspecified atom stereocenters. The number of hydrogen-bond acceptors (Lipinski definition) is 7. The second-order valence-corrected chi connectivity index (χ2v) is 6.78. The highest BCUT2D eigenvalue weighted by molar-refractivity contribution is 8.00. The SMILES string of the molecule is COC(=O)c1ccccc1CSc1nc(C)c(CC(=O)[O-])s1. The third-order valence-electron chi connectivity index (χ3n) is 2.95. The van der Waals surface area contributed by atoms with Gasteiger partial charge >= 0.3 is 5.97 Å². The number of carboxylic acids is 1. The molecule has 22 heavy (non-hydrogen) atoms. The Kier molecular flexibility index (Phi) is 5.57. The third kappa shape index (κ3) is 4.08. The maximum absolute atomic E-state index is 11.7. The van der Waals surface area contributed by atoms with Crippen molar-refractivity contribution in [3.05, 3.63) is 46.0 Å². The van der Waals surface area contributed by atoms with Crippen LogP contribution in [0.3, 0.4) is 0 Å². The van der Waals surface area contributed by atoms with Gasteiger partial charge in [-0.2, -0.15) is 0 Å². The summed E-state index contributed by atoms with van der Waals surface area (Å²) in [5.74, 6) is -0.924. The zero-order valence-corrected chi connectivity index (χ0v) is 13.8. The molecule has 0 amide bonds. The molecule has 0 radical (unpaired) electrons. The van der Waals surface area contributed by atoms with Crippen molar-refractivity contribution in [1.29, 1.82) is 0 Å². The maximum atomic E-state index is 11.7. The van der Waals surface area contributed by atoms with Crippen LogP contribution >= 0.6 is 23.1 Å². The van der Waals surface area contributed by atoms with Gasteiger partial charge in [0.25, 0.3) is 0 Å². The van der Waals surface area contributed by atoms with Gasteiger partial charge < -0.3 is 14.6 Å². The van der Waals surface area contributed by atoms with Crippen molar-refractivity contribution in [2.45, 2.75) is 23.4 Å². The first kappa shape index (κ1) is 16.5. The predicted molar refractivity (Wildman–Crippen MR) is 82.9 cm³/mol. The predicted octanol–water partition coefficient (Wildman–Crippen LogP) is 1.82. The van der Waals surface area contributed by atoms with E-state index in [4.69, 9.17) is 4.74 Å². The summed E-state index contributed by atoms with van der Waals surface area (Å²) < 4.78 is 5.53. The molecule has 0 fully saturated rings. The van der Waals surface area contributed by atoms with Crippen LogP contribution < -0.4 is 5.11 Å². The number of thioether (sulfide) groups is 1. The molecule has 0 bridgehead atoms. The van der Waals surface area contributed by atoms with Gasteiger partial charge in [-0.3, -0.25) is 0 Å². The number of esters is 1. The molecule has 2 rings (SSSR count). The Bertz CT molecular complexity index is 697. The van der Waals surface area contributed by atoms with Gasteiger partial charge in [0.1, 0.15) is 0 Å². The van der Waals surface area contributed by atoms with Crippen LogP contribution in [0.2, 0.25) is 0 Å². The molecule has 0 saturated heterocycles. The lowest BCUT2D eigenvalue weighted by Gasteiger charge is -2.06. The summed E-state index contributed by atoms with van der Waals surface area (Å²) in [4.78, 5) is 27.4. The zero-order valence-electron chi connectivity index (χ0n) is 12.1. The Balaban J connectivity index is 2.11. The van der Waals surface area contributed by atoms with Crippen molar-refractivity contribution in [2.24, 2.45) is 0 Å². The van der Waals surface area contributed by atoms with E-state index in [0.717, 1.165) is 9.90 Å². The Hall–Kier alpha value is -1.86. The Morgan fingerprint density at radius 1 is 1.36 bits per heavy atom. The highest BCUT2D eigenvalue weighted by atomic mass is 32.2. The summed E-state index contributed by atoms with van der Waals surface area (Å²) in [6.07, 6.45) is -0.122. The Morgan fingerprint density at radius 3 is 2.77 bits per heavy atom. The van der Waals surface area contributed by atoms with Crippen LogP contribution in [0.1, 0.15) is 26.5 Å². The lowest BCUT2D eigenvalue weighted by molar-refractivity contribution is -0.304. The quantitative estimate of drug-likeness (QED) is 0.591. The highest BCUT2D eigenvalue weighted by Crippen LogP contribution is 2.30. The van der Waals surface area contributed by atoms with E-state index < -0.39 is 5.97 Å². The molecule has 0 aliphatic carbocycles. The van der Waals surface area contributed by atoms with E-state index >= 15 is 0 Å². The molecule has 0 aliphatic rings. The topological polar surface area (TPSA) is 79.3 Å². The van der Waals surface area contributed by atoms with Crippen molar-refractivity contribution in [3.63, 3.8) is 0 Å². The van der Waals surface area contributed by atoms with Gasteiger partial charge in [0.2, 0.25) is 0 Å². The van der Waals surface area contributed by atoms with Gasteiger partial charge in [-0.1, -0.05) is 30.0 Å². The molecule has 0 N–H and O–H groups in total. The molecule has 1 heterocycles. The molecule has 1 aromatic heterocycles. The van der Waals surface area contributed by atoms with Crippen LogP contribution in [0.5, 0.6) is 0 Å². The number of aliphatic carboxylic acids is 1. The number of carbonyl (C=O) groups is 2. The summed E-state index contributed by atoms with van der Waals surface area (Å²) in [6.45, 7) is 1.78. The van der Waals surface area contributed by atoms with Gasteiger partial charge in [-0.25, -0.2) is 9.78 Å². The summed E-state index contributed by atoms with van der Waals surface area (Å²) in [6, 6.07) is 7.22. The van der Waals surface area contributed by atoms with Crippen molar-refractivity contribution in [3.8, 4) is 0 Å². The number of nitrogens with zero attached hydrogens (tertiary/aromatic N) is 1. The fraction of sp³-hybridized carbons (Fsp3) is 0.267. The molecule has 1 aromatic carbocycles. The monoisotopic (exact) mass is 336 g/mol. The first-order valence-corrected chi connectivity index (χ1v) is 8.26. The number of carbonyl (C=O) groups excluding carboxylic acids is 2. The number of ether oxygens (including phenoxy) is 1. The van der Waals surface area contributed by atoms with E-state index in [9.17, 15) is 14.7 Å². The molecule has 0 spiro atoms. The summed E-state index contributed by atoms with van der Waals surface area (Å²) in [5.41, 5.74) is 2.09. The van der Waals surface area contributed by atoms with Crippen LogP contribution in [0.4, 0.5) is 0 Å². The smallest absolute Gasteiger partial charge is 0.338 e. The summed E-state index contributed by atoms with van der Waals surface area (Å²) in [5, 5.41) is 10.7. The van der Waals surface area contributed by atoms with Gasteiger partial charge in [0, 0.05) is 23.0 Å². The second-order valence-electron chi connectivity index (χ2n) is 4.47. The van der Waals surface area contributed by atoms with E-state index in [-0.39, 0.29) is 12.4 Å². The van der Waals surface area contributed by atoms with Crippen LogP contribution in [0.15, 0.2) is 28.6 Å². The minimum atomic E-state index is -1.11. The first-order chi connectivity index (χ1) is 10.5. The van der Waals surface area contributed by atoms with E-state index in [1.54, 1.807) is 19.1 Å². The minimum Gasteiger partial charge on any atom is -0.550 e. The molecule has 116 valence electrons. The number of aromatic nitrogens is 1. The standard InChI is InChI=1S/C15H15NO4S2/c1-9-12(7-13(17)18)22-15(16-9)21-8-10-5-3-4-6-11(10)14(19)20-2/h3-6H,7-8H2,1-2H3,(H,17,18)/p-1. The average Bonchev–Trinajstić information content (AvgIpc) is 2.84. The second kappa shape index (κ2) is 7.42. The molecular weight excluding hydrogens is 322 g/mol. The molecule has 0 atom stereocenters. The van der Waals surface area contributed by atoms with Crippen LogP contribution in [-0.4, -0.2) is 24.0 Å². The molecule has 2 aromatic rings. The lowest BCUT2D eigenvalue weighted by Crippen LogP contribution is -2.24. The molecule has 0 saturated carbocycles. The molecular formula is C15H14NO4S2-. The number of methoxy groups -OCH3 is 1. The number of rotatable bonds is 6.